The number of rotatable bonds is 24. The molecule has 12 nitrogen and oxygen atoms in total. The lowest BCUT2D eigenvalue weighted by Gasteiger charge is -2.35. The molecule has 258 valence electrons. The van der Waals surface area contributed by atoms with Gasteiger partial charge in [-0.2, -0.15) is 0 Å². The molecule has 1 aliphatic carbocycles. The number of hydrogen-bond donors (Lipinski definition) is 5. The molecular formula is C32H57B3N7O5+. The molecule has 1 aliphatic rings. The topological polar surface area (TPSA) is 149 Å². The maximum Gasteiger partial charge on any atom is 0.361 e. The van der Waals surface area contributed by atoms with E-state index < -0.39 is 12.1 Å². The molecule has 1 aromatic carbocycles. The molecule has 0 saturated heterocycles. The van der Waals surface area contributed by atoms with Crippen LogP contribution in [-0.2, 0) is 23.6 Å². The van der Waals surface area contributed by atoms with Gasteiger partial charge in [0.2, 0.25) is 11.8 Å². The predicted molar refractivity (Wildman–Crippen MR) is 193 cm³/mol. The summed E-state index contributed by atoms with van der Waals surface area (Å²) in [6.45, 7) is 3.78. The molecule has 1 unspecified atom stereocenters. The van der Waals surface area contributed by atoms with Gasteiger partial charge in [-0.1, -0.05) is 50.3 Å². The van der Waals surface area contributed by atoms with Gasteiger partial charge < -0.3 is 45.3 Å². The first-order chi connectivity index (χ1) is 22.9. The second-order valence-electron chi connectivity index (χ2n) is 13.0. The van der Waals surface area contributed by atoms with Crippen molar-refractivity contribution in [2.45, 2.75) is 76.2 Å². The van der Waals surface area contributed by atoms with Crippen LogP contribution in [0.5, 0.6) is 0 Å². The van der Waals surface area contributed by atoms with Crippen molar-refractivity contribution in [1.29, 1.82) is 0 Å². The quantitative estimate of drug-likeness (QED) is 0.0491. The minimum Gasteiger partial charge on any atom is -0.427 e. The van der Waals surface area contributed by atoms with Crippen molar-refractivity contribution in [2.24, 2.45) is 11.7 Å². The van der Waals surface area contributed by atoms with E-state index in [0.29, 0.717) is 39.5 Å². The van der Waals surface area contributed by atoms with Crippen LogP contribution in [0.25, 0.3) is 10.9 Å². The SMILES string of the molecule is COBNCC[N+](C)(CCBOCN)CCC[C@H](NBOC)C(=O)N[C@@H](CCC1CCCCC1)C(=O)Nc1cnc2ccccc2c1. The van der Waals surface area contributed by atoms with E-state index in [4.69, 9.17) is 19.7 Å². The Bertz CT molecular complexity index is 1180. The Kier molecular flexibility index (Phi) is 18.4. The number of aromatic nitrogens is 1. The zero-order valence-corrected chi connectivity index (χ0v) is 28.9. The van der Waals surface area contributed by atoms with Crippen molar-refractivity contribution < 1.29 is 28.0 Å². The van der Waals surface area contributed by atoms with Crippen molar-refractivity contribution in [3.63, 3.8) is 0 Å². The van der Waals surface area contributed by atoms with Gasteiger partial charge in [0.05, 0.1) is 56.9 Å². The predicted octanol–water partition coefficient (Wildman–Crippen LogP) is 1.32. The average Bonchev–Trinajstić information content (AvgIpc) is 3.09. The molecule has 1 heterocycles. The first-order valence-corrected chi connectivity index (χ1v) is 17.4. The summed E-state index contributed by atoms with van der Waals surface area (Å²) in [6.07, 6.45) is 11.6. The highest BCUT2D eigenvalue weighted by atomic mass is 16.4. The van der Waals surface area contributed by atoms with E-state index in [1.54, 1.807) is 20.4 Å². The summed E-state index contributed by atoms with van der Waals surface area (Å²) in [5.41, 5.74) is 6.99. The normalized spacial score (nSPS) is 16.2. The number of likely N-dealkylation sites (N-methyl/N-ethyl adjacent to an activating group) is 1. The van der Waals surface area contributed by atoms with Crippen LogP contribution in [0.4, 0.5) is 5.69 Å². The molecule has 1 fully saturated rings. The Morgan fingerprint density at radius 1 is 1.02 bits per heavy atom. The number of amides is 2. The highest BCUT2D eigenvalue weighted by molar-refractivity contribution is 6.27. The number of hydrogen-bond acceptors (Lipinski definition) is 9. The fourth-order valence-electron chi connectivity index (χ4n) is 6.47. The van der Waals surface area contributed by atoms with Gasteiger partial charge in [-0.15, -0.1) is 0 Å². The molecule has 1 aromatic heterocycles. The fraction of sp³-hybridized carbons (Fsp3) is 0.656. The third-order valence-electron chi connectivity index (χ3n) is 9.24. The summed E-state index contributed by atoms with van der Waals surface area (Å²) >= 11 is 0. The number of nitrogens with one attached hydrogen (secondary N) is 4. The van der Waals surface area contributed by atoms with Crippen molar-refractivity contribution in [2.75, 3.05) is 59.5 Å². The van der Waals surface area contributed by atoms with Crippen LogP contribution in [-0.4, -0.2) is 110 Å². The van der Waals surface area contributed by atoms with Gasteiger partial charge in [0.15, 0.2) is 0 Å². The van der Waals surface area contributed by atoms with Crippen LogP contribution < -0.4 is 26.8 Å². The number of nitrogens with zero attached hydrogens (tertiary/aromatic N) is 2. The highest BCUT2D eigenvalue weighted by Gasteiger charge is 2.28. The molecule has 0 aliphatic heterocycles. The smallest absolute Gasteiger partial charge is 0.361 e. The summed E-state index contributed by atoms with van der Waals surface area (Å²) in [5, 5.41) is 13.7. The van der Waals surface area contributed by atoms with E-state index in [-0.39, 0.29) is 26.2 Å². The monoisotopic (exact) mass is 652 g/mol. The molecule has 1 saturated carbocycles. The summed E-state index contributed by atoms with van der Waals surface area (Å²) in [5.74, 6) is 0.184. The van der Waals surface area contributed by atoms with Gasteiger partial charge >= 0.3 is 15.2 Å². The lowest BCUT2D eigenvalue weighted by atomic mass is 9.85. The molecule has 3 atom stereocenters. The number of benzene rings is 1. The van der Waals surface area contributed by atoms with Gasteiger partial charge in [0.25, 0.3) is 7.48 Å². The minimum atomic E-state index is -0.654. The first kappa shape index (κ1) is 38.9. The average molecular weight is 652 g/mol. The van der Waals surface area contributed by atoms with E-state index in [0.717, 1.165) is 60.7 Å². The van der Waals surface area contributed by atoms with Crippen molar-refractivity contribution in [3.8, 4) is 0 Å². The molecule has 0 radical (unpaired) electrons. The van der Waals surface area contributed by atoms with Crippen LogP contribution >= 0.6 is 0 Å². The zero-order valence-electron chi connectivity index (χ0n) is 28.9. The summed E-state index contributed by atoms with van der Waals surface area (Å²) in [7, 11) is 6.88. The molecule has 2 aromatic rings. The van der Waals surface area contributed by atoms with E-state index in [1.165, 1.54) is 32.1 Å². The molecule has 6 N–H and O–H groups in total. The van der Waals surface area contributed by atoms with Gasteiger partial charge in [-0.3, -0.25) is 14.6 Å². The molecule has 3 rings (SSSR count). The molecule has 0 spiro atoms. The summed E-state index contributed by atoms with van der Waals surface area (Å²) in [6, 6.07) is 8.58. The Labute approximate surface area is 283 Å². The Hall–Kier alpha value is -2.52. The minimum absolute atomic E-state index is 0.185. The van der Waals surface area contributed by atoms with Crippen molar-refractivity contribution in [1.82, 2.24) is 20.8 Å². The summed E-state index contributed by atoms with van der Waals surface area (Å²) < 4.78 is 16.6. The molecule has 15 heteroatoms. The van der Waals surface area contributed by atoms with Crippen molar-refractivity contribution in [3.05, 3.63) is 36.5 Å². The number of fused-ring (bicyclic) bond motifs is 1. The van der Waals surface area contributed by atoms with Crippen molar-refractivity contribution >= 4 is 51.1 Å². The van der Waals surface area contributed by atoms with Crippen LogP contribution in [0.15, 0.2) is 36.5 Å². The second kappa shape index (κ2) is 22.2. The van der Waals surface area contributed by atoms with Crippen LogP contribution in [0.1, 0.15) is 57.8 Å². The van der Waals surface area contributed by atoms with Gasteiger partial charge in [0.1, 0.15) is 6.04 Å². The number of nitrogens with two attached hydrogens (primary N) is 1. The van der Waals surface area contributed by atoms with Gasteiger partial charge in [-0.25, -0.2) is 0 Å². The van der Waals surface area contributed by atoms with E-state index >= 15 is 0 Å². The Balaban J connectivity index is 1.66. The second-order valence-corrected chi connectivity index (χ2v) is 13.0. The maximum atomic E-state index is 13.8. The fourth-order valence-corrected chi connectivity index (χ4v) is 6.47. The van der Waals surface area contributed by atoms with E-state index in [2.05, 4.69) is 33.1 Å². The standard InChI is InChI=1S/C32H56B3N7O5/c1-42(20-17-33-47-24-36,21-18-38-34-45-2)19-9-14-30(41-35-46-3)32(44)40-29(16-15-25-10-5-4-6-11-25)31(43)39-27-22-26-12-7-8-13-28(26)37-23-27/h7-8,12-13,22-23,25,29-30,33-35,38,41H,4-6,9-11,14-21,24,36H2,1-3H3,(H-,39,40,43,44)/p+1/t29-,30-,42?/m0/s1. The molecular weight excluding hydrogens is 595 g/mol. The number of quaternary nitrogens is 1. The number of carbonyl (C=O) groups excluding carboxylic acids is 2. The maximum absolute atomic E-state index is 13.8. The molecule has 2 amide bonds. The number of pyridine rings is 1. The van der Waals surface area contributed by atoms with Crippen LogP contribution in [0.2, 0.25) is 6.32 Å². The lowest BCUT2D eigenvalue weighted by molar-refractivity contribution is -0.906. The number of anilines is 1. The third kappa shape index (κ3) is 14.6. The third-order valence-corrected chi connectivity index (χ3v) is 9.24. The largest absolute Gasteiger partial charge is 0.427 e. The molecule has 0 bridgehead atoms. The number of carbonyl (C=O) groups is 2. The Morgan fingerprint density at radius 2 is 1.81 bits per heavy atom. The van der Waals surface area contributed by atoms with E-state index in [9.17, 15) is 9.59 Å². The first-order valence-electron chi connectivity index (χ1n) is 17.4. The van der Waals surface area contributed by atoms with Crippen LogP contribution in [0.3, 0.4) is 0 Å². The lowest BCUT2D eigenvalue weighted by Crippen LogP contribution is -2.53. The van der Waals surface area contributed by atoms with Gasteiger partial charge in [0, 0.05) is 26.2 Å². The van der Waals surface area contributed by atoms with Crippen LogP contribution in [0, 0.1) is 5.92 Å². The zero-order chi connectivity index (χ0) is 33.7. The van der Waals surface area contributed by atoms with Gasteiger partial charge in [-0.05, 0) is 50.1 Å². The Morgan fingerprint density at radius 3 is 2.57 bits per heavy atom. The highest BCUT2D eigenvalue weighted by Crippen LogP contribution is 2.28. The molecule has 47 heavy (non-hydrogen) atoms. The summed E-state index contributed by atoms with van der Waals surface area (Å²) in [4.78, 5) is 32.0. The number of para-hydroxylation sites is 1. The van der Waals surface area contributed by atoms with E-state index in [1.807, 2.05) is 30.3 Å².